The molecule has 1 aliphatic carbocycles. The van der Waals surface area contributed by atoms with E-state index in [2.05, 4.69) is 19.8 Å². The summed E-state index contributed by atoms with van der Waals surface area (Å²) in [6.07, 6.45) is -6.95. The van der Waals surface area contributed by atoms with Gasteiger partial charge in [-0.1, -0.05) is 13.8 Å². The van der Waals surface area contributed by atoms with E-state index in [1.54, 1.807) is 13.8 Å². The van der Waals surface area contributed by atoms with Crippen molar-refractivity contribution in [2.24, 2.45) is 28.3 Å². The first-order chi connectivity index (χ1) is 23.5. The highest BCUT2D eigenvalue weighted by Gasteiger charge is 2.52. The molecular weight excluding hydrogens is 688 g/mol. The van der Waals surface area contributed by atoms with Crippen LogP contribution in [0.25, 0.3) is 0 Å². The Hall–Kier alpha value is -2.73. The Morgan fingerprint density at radius 2 is 1.76 bits per heavy atom. The van der Waals surface area contributed by atoms with Gasteiger partial charge in [-0.25, -0.2) is 4.18 Å². The molecule has 11 N–H and O–H groups in total. The Morgan fingerprint density at radius 1 is 1.06 bits per heavy atom. The topological polar surface area (TPSA) is 315 Å². The van der Waals surface area contributed by atoms with Gasteiger partial charge in [-0.2, -0.15) is 8.42 Å². The van der Waals surface area contributed by atoms with E-state index >= 15 is 0 Å². The van der Waals surface area contributed by atoms with Crippen LogP contribution in [0.2, 0.25) is 0 Å². The van der Waals surface area contributed by atoms with Crippen molar-refractivity contribution in [3.63, 3.8) is 0 Å². The fourth-order valence-electron chi connectivity index (χ4n) is 6.56. The van der Waals surface area contributed by atoms with E-state index in [1.165, 1.54) is 4.90 Å². The lowest BCUT2D eigenvalue weighted by Crippen LogP contribution is -2.61. The number of guanidine groups is 1. The molecule has 0 aromatic heterocycles. The first-order valence-electron chi connectivity index (χ1n) is 16.5. The van der Waals surface area contributed by atoms with Gasteiger partial charge in [0.15, 0.2) is 18.4 Å². The van der Waals surface area contributed by atoms with Gasteiger partial charge in [-0.05, 0) is 50.4 Å². The smallest absolute Gasteiger partial charge is 0.394 e. The van der Waals surface area contributed by atoms with Crippen molar-refractivity contribution in [3.05, 3.63) is 0 Å². The Morgan fingerprint density at radius 3 is 2.36 bits per heavy atom. The Kier molecular flexibility index (Phi) is 15.6. The molecule has 11 atom stereocenters. The molecule has 0 bridgehead atoms. The third-order valence-electron chi connectivity index (χ3n) is 9.21. The van der Waals surface area contributed by atoms with Gasteiger partial charge >= 0.3 is 10.4 Å². The van der Waals surface area contributed by atoms with E-state index in [4.69, 9.17) is 30.2 Å². The molecule has 0 aromatic carbocycles. The van der Waals surface area contributed by atoms with Crippen LogP contribution in [0.5, 0.6) is 0 Å². The molecule has 1 saturated carbocycles. The second-order valence-electron chi connectivity index (χ2n) is 13.1. The molecule has 3 aliphatic rings. The largest absolute Gasteiger partial charge is 0.397 e. The van der Waals surface area contributed by atoms with Crippen LogP contribution in [-0.4, -0.2) is 156 Å². The molecule has 3 rings (SSSR count). The van der Waals surface area contributed by atoms with Gasteiger partial charge in [-0.15, -0.1) is 0 Å². The number of carbonyl (C=O) groups is 3. The molecule has 3 amide bonds. The van der Waals surface area contributed by atoms with Crippen LogP contribution >= 0.6 is 0 Å². The number of nitrogens with two attached hydrogens (primary N) is 2. The zero-order chi connectivity index (χ0) is 37.3. The van der Waals surface area contributed by atoms with E-state index in [0.717, 1.165) is 7.11 Å². The average molecular weight is 741 g/mol. The minimum absolute atomic E-state index is 0.0415. The molecule has 11 unspecified atom stereocenters. The van der Waals surface area contributed by atoms with Crippen LogP contribution in [0.4, 0.5) is 0 Å². The zero-order valence-electron chi connectivity index (χ0n) is 28.4. The van der Waals surface area contributed by atoms with Gasteiger partial charge in [0.25, 0.3) is 5.91 Å². The number of aliphatic imine (C=N–C) groups is 1. The van der Waals surface area contributed by atoms with Gasteiger partial charge in [0.05, 0.1) is 12.7 Å². The molecule has 288 valence electrons. The minimum atomic E-state index is -4.89. The van der Waals surface area contributed by atoms with Crippen molar-refractivity contribution >= 4 is 34.1 Å². The van der Waals surface area contributed by atoms with Gasteiger partial charge in [0.1, 0.15) is 43.1 Å². The van der Waals surface area contributed by atoms with E-state index in [0.29, 0.717) is 38.6 Å². The lowest BCUT2D eigenvalue weighted by molar-refractivity contribution is -0.314. The Bertz CT molecular complexity index is 1280. The van der Waals surface area contributed by atoms with Crippen molar-refractivity contribution in [3.8, 4) is 0 Å². The fourth-order valence-corrected chi connectivity index (χ4v) is 6.85. The van der Waals surface area contributed by atoms with Gasteiger partial charge in [0, 0.05) is 26.2 Å². The second-order valence-corrected chi connectivity index (χ2v) is 14.2. The highest BCUT2D eigenvalue weighted by molar-refractivity contribution is 7.80. The van der Waals surface area contributed by atoms with Crippen LogP contribution in [0.1, 0.15) is 52.4 Å². The molecular formula is C29H52N6O14S. The number of aliphatic hydroxyl groups excluding tert-OH is 4. The summed E-state index contributed by atoms with van der Waals surface area (Å²) in [5.41, 5.74) is 10.7. The van der Waals surface area contributed by atoms with Crippen molar-refractivity contribution in [1.82, 2.24) is 15.5 Å². The number of nitrogens with zero attached hydrogens (tertiary/aromatic N) is 2. The zero-order valence-corrected chi connectivity index (χ0v) is 29.2. The summed E-state index contributed by atoms with van der Waals surface area (Å²) in [5, 5.41) is 46.0. The van der Waals surface area contributed by atoms with E-state index in [1.807, 2.05) is 0 Å². The number of amides is 3. The molecule has 0 aromatic rings. The Labute approximate surface area is 290 Å². The number of ether oxygens (including phenoxy) is 3. The monoisotopic (exact) mass is 740 g/mol. The number of methoxy groups -OCH3 is 1. The van der Waals surface area contributed by atoms with Crippen molar-refractivity contribution < 1.29 is 66.2 Å². The number of unbranched alkanes of at least 4 members (excludes halogenated alkanes) is 1. The third-order valence-corrected chi connectivity index (χ3v) is 9.65. The summed E-state index contributed by atoms with van der Waals surface area (Å²) in [5.74, 6) is -2.61. The van der Waals surface area contributed by atoms with Crippen LogP contribution in [0.15, 0.2) is 4.99 Å². The van der Waals surface area contributed by atoms with Crippen LogP contribution in [0, 0.1) is 11.8 Å². The molecule has 50 heavy (non-hydrogen) atoms. The maximum atomic E-state index is 14.4. The number of hydrogen-bond donors (Lipinski definition) is 9. The first kappa shape index (κ1) is 41.7. The van der Waals surface area contributed by atoms with Crippen LogP contribution in [0.3, 0.4) is 0 Å². The summed E-state index contributed by atoms with van der Waals surface area (Å²) >= 11 is 0. The number of nitrogens with one attached hydrogen (secondary N) is 2. The van der Waals surface area contributed by atoms with Gasteiger partial charge in [-0.3, -0.25) is 23.9 Å². The third kappa shape index (κ3) is 11.1. The maximum absolute atomic E-state index is 14.4. The molecule has 20 nitrogen and oxygen atoms in total. The number of rotatable bonds is 17. The van der Waals surface area contributed by atoms with Crippen molar-refractivity contribution in [2.75, 3.05) is 33.4 Å². The highest BCUT2D eigenvalue weighted by atomic mass is 32.3. The van der Waals surface area contributed by atoms with E-state index < -0.39 is 108 Å². The molecule has 0 radical (unpaired) electrons. The maximum Gasteiger partial charge on any atom is 0.397 e. The summed E-state index contributed by atoms with van der Waals surface area (Å²) in [7, 11) is -3.77. The lowest BCUT2D eigenvalue weighted by atomic mass is 9.82. The van der Waals surface area contributed by atoms with Crippen LogP contribution in [-0.2, 0) is 43.2 Å². The minimum Gasteiger partial charge on any atom is -0.394 e. The summed E-state index contributed by atoms with van der Waals surface area (Å²) in [4.78, 5) is 46.5. The van der Waals surface area contributed by atoms with Crippen molar-refractivity contribution in [2.45, 2.75) is 113 Å². The van der Waals surface area contributed by atoms with Gasteiger partial charge in [0.2, 0.25) is 11.8 Å². The average Bonchev–Trinajstić information content (AvgIpc) is 3.43. The molecule has 2 saturated heterocycles. The number of carbonyl (C=O) groups excluding carboxylic acids is 3. The SMILES string of the molecule is COC(COS(=O)(=O)O)C(=O)NC(C(=O)N1C(C(=O)NCCCCN=C(N)N)CC2CCC(OC3OC(CO)C(O)C(O)C3O)CC21)C(C)C. The standard InChI is InChI=1S/C29H52N6O14S/c1-14(2)21(34-26(41)20(46-3)13-47-50(43,44)45)27(42)35-17-11-16(48-28-24(39)23(38)22(37)19(12-36)49-28)7-6-15(17)10-18(35)25(40)32-8-4-5-9-33-29(30)31/h14-24,28,36-39H,4-13H2,1-3H3,(H,32,40)(H,34,41)(H4,30,31,33)(H,43,44,45). The molecule has 2 aliphatic heterocycles. The predicted octanol–water partition coefficient (Wildman–Crippen LogP) is -3.91. The molecule has 21 heteroatoms. The quantitative estimate of drug-likeness (QED) is 0.0298. The number of likely N-dealkylation sites (tertiary alicyclic amines) is 1. The first-order valence-corrected chi connectivity index (χ1v) is 17.9. The fraction of sp³-hybridized carbons (Fsp3) is 0.862. The highest BCUT2D eigenvalue weighted by Crippen LogP contribution is 2.42. The normalized spacial score (nSPS) is 31.1. The number of aliphatic hydroxyl groups is 4. The van der Waals surface area contributed by atoms with E-state index in [-0.39, 0.29) is 24.8 Å². The van der Waals surface area contributed by atoms with E-state index in [9.17, 15) is 43.2 Å². The van der Waals surface area contributed by atoms with Crippen molar-refractivity contribution in [1.29, 1.82) is 0 Å². The molecule has 3 fully saturated rings. The summed E-state index contributed by atoms with van der Waals surface area (Å²) in [6.45, 7) is 2.50. The lowest BCUT2D eigenvalue weighted by Gasteiger charge is -2.43. The predicted molar refractivity (Wildman–Crippen MR) is 173 cm³/mol. The molecule has 0 spiro atoms. The Balaban J connectivity index is 1.83. The number of hydrogen-bond acceptors (Lipinski definition) is 14. The molecule has 2 heterocycles. The summed E-state index contributed by atoms with van der Waals surface area (Å²) in [6, 6.07) is -2.70. The summed E-state index contributed by atoms with van der Waals surface area (Å²) < 4.78 is 52.0. The van der Waals surface area contributed by atoms with Gasteiger partial charge < -0.3 is 61.6 Å². The second kappa shape index (κ2) is 18.7. The number of fused-ring (bicyclic) bond motifs is 1. The van der Waals surface area contributed by atoms with Crippen LogP contribution < -0.4 is 22.1 Å².